The minimum atomic E-state index is -0.215. The average Bonchev–Trinajstić information content (AvgIpc) is 2.48. The second-order valence-corrected chi connectivity index (χ2v) is 4.86. The van der Waals surface area contributed by atoms with Gasteiger partial charge >= 0.3 is 0 Å². The van der Waals surface area contributed by atoms with Gasteiger partial charge in [0.05, 0.1) is 12.7 Å². The molecule has 0 saturated heterocycles. The van der Waals surface area contributed by atoms with E-state index in [1.54, 1.807) is 7.11 Å². The van der Waals surface area contributed by atoms with Crippen molar-refractivity contribution in [3.63, 3.8) is 0 Å². The Morgan fingerprint density at radius 3 is 2.50 bits per heavy atom. The van der Waals surface area contributed by atoms with E-state index in [2.05, 4.69) is 0 Å². The lowest BCUT2D eigenvalue weighted by Gasteiger charge is -2.33. The summed E-state index contributed by atoms with van der Waals surface area (Å²) >= 11 is 0. The molecule has 2 aromatic rings. The van der Waals surface area contributed by atoms with Gasteiger partial charge in [-0.3, -0.25) is 0 Å². The van der Waals surface area contributed by atoms with E-state index in [4.69, 9.17) is 9.47 Å². The van der Waals surface area contributed by atoms with Crippen molar-refractivity contribution in [2.24, 2.45) is 0 Å². The van der Waals surface area contributed by atoms with Crippen LogP contribution in [0.1, 0.15) is 23.1 Å². The van der Waals surface area contributed by atoms with E-state index in [0.717, 1.165) is 11.1 Å². The van der Waals surface area contributed by atoms with Crippen LogP contribution in [0, 0.1) is 0 Å². The second kappa shape index (κ2) is 5.06. The van der Waals surface area contributed by atoms with Gasteiger partial charge in [-0.15, -0.1) is 0 Å². The van der Waals surface area contributed by atoms with E-state index in [1.165, 1.54) is 12.1 Å². The van der Waals surface area contributed by atoms with Gasteiger partial charge in [0.25, 0.3) is 0 Å². The predicted molar refractivity (Wildman–Crippen MR) is 74.2 cm³/mol. The highest BCUT2D eigenvalue weighted by Crippen LogP contribution is 2.46. The van der Waals surface area contributed by atoms with Crippen LogP contribution in [0.4, 0.5) is 0 Å². The molecular formula is C16H16O4. The Morgan fingerprint density at radius 2 is 1.80 bits per heavy atom. The van der Waals surface area contributed by atoms with E-state index in [0.29, 0.717) is 12.4 Å². The molecule has 0 saturated carbocycles. The number of benzene rings is 2. The van der Waals surface area contributed by atoms with Gasteiger partial charge in [0, 0.05) is 24.7 Å². The van der Waals surface area contributed by atoms with Crippen molar-refractivity contribution < 1.29 is 19.7 Å². The van der Waals surface area contributed by atoms with E-state index in [-0.39, 0.29) is 23.5 Å². The van der Waals surface area contributed by atoms with Crippen LogP contribution in [0.2, 0.25) is 0 Å². The monoisotopic (exact) mass is 272 g/mol. The van der Waals surface area contributed by atoms with Gasteiger partial charge in [0.15, 0.2) is 11.5 Å². The number of phenols is 2. The Bertz CT molecular complexity index is 609. The zero-order valence-electron chi connectivity index (χ0n) is 11.1. The maximum absolute atomic E-state index is 9.68. The molecule has 4 heteroatoms. The molecular weight excluding hydrogens is 256 g/mol. The molecule has 0 fully saturated rings. The summed E-state index contributed by atoms with van der Waals surface area (Å²) in [5, 5.41) is 19.2. The summed E-state index contributed by atoms with van der Waals surface area (Å²) in [6.45, 7) is 0.472. The van der Waals surface area contributed by atoms with Crippen molar-refractivity contribution in [2.75, 3.05) is 13.7 Å². The number of fused-ring (bicyclic) bond motifs is 1. The molecule has 1 aliphatic heterocycles. The van der Waals surface area contributed by atoms with Gasteiger partial charge in [0.2, 0.25) is 0 Å². The van der Waals surface area contributed by atoms with Gasteiger partial charge in [-0.1, -0.05) is 30.3 Å². The molecule has 2 atom stereocenters. The summed E-state index contributed by atoms with van der Waals surface area (Å²) in [6, 6.07) is 12.9. The van der Waals surface area contributed by atoms with Crippen LogP contribution in [0.15, 0.2) is 42.5 Å². The first-order valence-corrected chi connectivity index (χ1v) is 6.47. The molecule has 1 heterocycles. The standard InChI is InChI=1S/C16H16O4/c1-19-16-11-7-13(17)14(18)8-15(11)20-9-12(16)10-5-3-2-4-6-10/h2-8,12,16-18H,9H2,1H3. The van der Waals surface area contributed by atoms with Crippen LogP contribution in [-0.4, -0.2) is 23.9 Å². The van der Waals surface area contributed by atoms with Crippen LogP contribution in [-0.2, 0) is 4.74 Å². The topological polar surface area (TPSA) is 58.9 Å². The predicted octanol–water partition coefficient (Wildman–Crippen LogP) is 2.96. The van der Waals surface area contributed by atoms with E-state index >= 15 is 0 Å². The summed E-state index contributed by atoms with van der Waals surface area (Å²) in [5.74, 6) is 0.261. The maximum Gasteiger partial charge on any atom is 0.161 e. The Morgan fingerprint density at radius 1 is 1.10 bits per heavy atom. The maximum atomic E-state index is 9.68. The molecule has 0 aromatic heterocycles. The average molecular weight is 272 g/mol. The van der Waals surface area contributed by atoms with E-state index < -0.39 is 0 Å². The number of hydrogen-bond donors (Lipinski definition) is 2. The number of ether oxygens (including phenoxy) is 2. The molecule has 2 aromatic carbocycles. The minimum Gasteiger partial charge on any atom is -0.504 e. The number of aromatic hydroxyl groups is 2. The fourth-order valence-corrected chi connectivity index (χ4v) is 2.67. The highest BCUT2D eigenvalue weighted by Gasteiger charge is 2.33. The summed E-state index contributed by atoms with van der Waals surface area (Å²) in [7, 11) is 1.64. The highest BCUT2D eigenvalue weighted by atomic mass is 16.5. The first-order chi connectivity index (χ1) is 9.70. The summed E-state index contributed by atoms with van der Waals surface area (Å²) in [5.41, 5.74) is 1.88. The van der Waals surface area contributed by atoms with Crippen molar-refractivity contribution in [1.29, 1.82) is 0 Å². The number of hydrogen-bond acceptors (Lipinski definition) is 4. The van der Waals surface area contributed by atoms with Crippen molar-refractivity contribution in [3.05, 3.63) is 53.6 Å². The molecule has 2 unspecified atom stereocenters. The first kappa shape index (κ1) is 12.8. The van der Waals surface area contributed by atoms with Crippen LogP contribution in [0.3, 0.4) is 0 Å². The third-order valence-electron chi connectivity index (χ3n) is 3.68. The summed E-state index contributed by atoms with van der Waals surface area (Å²) in [4.78, 5) is 0. The van der Waals surface area contributed by atoms with Crippen molar-refractivity contribution in [2.45, 2.75) is 12.0 Å². The molecule has 0 amide bonds. The van der Waals surface area contributed by atoms with Crippen molar-refractivity contribution in [3.8, 4) is 17.2 Å². The van der Waals surface area contributed by atoms with Gasteiger partial charge in [-0.05, 0) is 11.6 Å². The molecule has 0 radical (unpaired) electrons. The summed E-state index contributed by atoms with van der Waals surface area (Å²) in [6.07, 6.45) is -0.215. The molecule has 0 bridgehead atoms. The lowest BCUT2D eigenvalue weighted by Crippen LogP contribution is -2.25. The third kappa shape index (κ3) is 2.08. The molecule has 3 rings (SSSR count). The third-order valence-corrected chi connectivity index (χ3v) is 3.68. The Kier molecular flexibility index (Phi) is 3.24. The van der Waals surface area contributed by atoms with E-state index in [1.807, 2.05) is 30.3 Å². The SMILES string of the molecule is COC1c2cc(O)c(O)cc2OCC1c1ccccc1. The fourth-order valence-electron chi connectivity index (χ4n) is 2.67. The molecule has 4 nitrogen and oxygen atoms in total. The van der Waals surface area contributed by atoms with Crippen LogP contribution in [0.25, 0.3) is 0 Å². The largest absolute Gasteiger partial charge is 0.504 e. The second-order valence-electron chi connectivity index (χ2n) is 4.86. The van der Waals surface area contributed by atoms with Gasteiger partial charge in [-0.25, -0.2) is 0 Å². The number of methoxy groups -OCH3 is 1. The normalized spacial score (nSPS) is 21.1. The molecule has 2 N–H and O–H groups in total. The molecule has 20 heavy (non-hydrogen) atoms. The Labute approximate surface area is 117 Å². The lowest BCUT2D eigenvalue weighted by atomic mass is 9.87. The summed E-state index contributed by atoms with van der Waals surface area (Å²) < 4.78 is 11.3. The lowest BCUT2D eigenvalue weighted by molar-refractivity contribution is 0.0425. The van der Waals surface area contributed by atoms with E-state index in [9.17, 15) is 10.2 Å². The zero-order chi connectivity index (χ0) is 14.1. The highest BCUT2D eigenvalue weighted by molar-refractivity contribution is 5.51. The molecule has 0 spiro atoms. The van der Waals surface area contributed by atoms with Crippen molar-refractivity contribution in [1.82, 2.24) is 0 Å². The van der Waals surface area contributed by atoms with Crippen LogP contribution >= 0.6 is 0 Å². The number of rotatable bonds is 2. The quantitative estimate of drug-likeness (QED) is 0.825. The molecule has 0 aliphatic carbocycles. The number of phenolic OH excluding ortho intramolecular Hbond substituents is 2. The Balaban J connectivity index is 2.04. The van der Waals surface area contributed by atoms with Crippen LogP contribution in [0.5, 0.6) is 17.2 Å². The fraction of sp³-hybridized carbons (Fsp3) is 0.250. The smallest absolute Gasteiger partial charge is 0.161 e. The molecule has 104 valence electrons. The van der Waals surface area contributed by atoms with Crippen LogP contribution < -0.4 is 4.74 Å². The molecule has 1 aliphatic rings. The van der Waals surface area contributed by atoms with Gasteiger partial charge < -0.3 is 19.7 Å². The first-order valence-electron chi connectivity index (χ1n) is 6.47. The van der Waals surface area contributed by atoms with Crippen molar-refractivity contribution >= 4 is 0 Å². The van der Waals surface area contributed by atoms with Gasteiger partial charge in [-0.2, -0.15) is 0 Å². The Hall–Kier alpha value is -2.20. The minimum absolute atomic E-state index is 0.0534. The van der Waals surface area contributed by atoms with Gasteiger partial charge in [0.1, 0.15) is 5.75 Å². The zero-order valence-corrected chi connectivity index (χ0v) is 11.1.